The van der Waals surface area contributed by atoms with E-state index in [-0.39, 0.29) is 11.6 Å². The number of carbonyl (C=O) groups is 1. The average Bonchev–Trinajstić information content (AvgIpc) is 3.41. The van der Waals surface area contributed by atoms with Crippen molar-refractivity contribution in [1.82, 2.24) is 9.55 Å². The fourth-order valence-corrected chi connectivity index (χ4v) is 4.22. The maximum Gasteiger partial charge on any atom is 0.270 e. The van der Waals surface area contributed by atoms with Gasteiger partial charge in [-0.25, -0.2) is 4.98 Å². The predicted octanol–water partition coefficient (Wildman–Crippen LogP) is 4.33. The number of rotatable bonds is 6. The molecule has 154 valence electrons. The number of aromatic nitrogens is 2. The Kier molecular flexibility index (Phi) is 5.71. The van der Waals surface area contributed by atoms with Crippen molar-refractivity contribution in [2.24, 2.45) is 7.05 Å². The summed E-state index contributed by atoms with van der Waals surface area (Å²) < 4.78 is 1.93. The summed E-state index contributed by atoms with van der Waals surface area (Å²) in [7, 11) is 1.93. The fourth-order valence-electron chi connectivity index (χ4n) is 3.41. The van der Waals surface area contributed by atoms with E-state index in [1.807, 2.05) is 42.1 Å². The summed E-state index contributed by atoms with van der Waals surface area (Å²) in [4.78, 5) is 31.1. The summed E-state index contributed by atoms with van der Waals surface area (Å²) >= 11 is 1.53. The van der Waals surface area contributed by atoms with Crippen LogP contribution in [0.1, 0.15) is 23.2 Å². The van der Waals surface area contributed by atoms with Crippen LogP contribution in [0, 0.1) is 10.1 Å². The van der Waals surface area contributed by atoms with Gasteiger partial charge in [0.15, 0.2) is 5.16 Å². The maximum absolute atomic E-state index is 13.0. The minimum Gasteiger partial charge on any atom is -0.371 e. The molecule has 9 heteroatoms. The van der Waals surface area contributed by atoms with Gasteiger partial charge < -0.3 is 14.8 Å². The predicted molar refractivity (Wildman–Crippen MR) is 116 cm³/mol. The lowest BCUT2D eigenvalue weighted by Crippen LogP contribution is -2.23. The van der Waals surface area contributed by atoms with Crippen molar-refractivity contribution in [3.63, 3.8) is 0 Å². The molecule has 1 aliphatic heterocycles. The van der Waals surface area contributed by atoms with E-state index in [1.165, 1.54) is 23.9 Å². The molecule has 1 saturated heterocycles. The van der Waals surface area contributed by atoms with Crippen molar-refractivity contribution < 1.29 is 9.72 Å². The highest BCUT2D eigenvalue weighted by Crippen LogP contribution is 2.30. The Labute approximate surface area is 178 Å². The van der Waals surface area contributed by atoms with E-state index in [1.54, 1.807) is 12.3 Å². The Balaban J connectivity index is 1.53. The highest BCUT2D eigenvalue weighted by molar-refractivity contribution is 7.99. The number of amides is 1. The number of non-ortho nitro benzene ring substituents is 1. The Morgan fingerprint density at radius 1 is 1.17 bits per heavy atom. The topological polar surface area (TPSA) is 93.3 Å². The van der Waals surface area contributed by atoms with Gasteiger partial charge in [-0.05, 0) is 43.2 Å². The SMILES string of the molecule is Cn1ccnc1Sc1ccc(NC(=O)c2cc([N+](=O)[O-])ccc2N2CCCC2)cc1. The van der Waals surface area contributed by atoms with Gasteiger partial charge >= 0.3 is 0 Å². The van der Waals surface area contributed by atoms with Gasteiger partial charge in [-0.1, -0.05) is 11.8 Å². The van der Waals surface area contributed by atoms with Crippen molar-refractivity contribution in [1.29, 1.82) is 0 Å². The third-order valence-electron chi connectivity index (χ3n) is 4.98. The van der Waals surface area contributed by atoms with Crippen LogP contribution in [0.2, 0.25) is 0 Å². The van der Waals surface area contributed by atoms with Crippen LogP contribution in [0.25, 0.3) is 0 Å². The van der Waals surface area contributed by atoms with Crippen LogP contribution in [0.15, 0.2) is 64.9 Å². The monoisotopic (exact) mass is 423 g/mol. The van der Waals surface area contributed by atoms with Crippen LogP contribution in [-0.2, 0) is 7.05 Å². The first-order valence-electron chi connectivity index (χ1n) is 9.61. The standard InChI is InChI=1S/C21H21N5O3S/c1-24-13-10-22-21(24)30-17-7-4-15(5-8-17)23-20(27)18-14-16(26(28)29)6-9-19(18)25-11-2-3-12-25/h4-10,13-14H,2-3,11-12H2,1H3,(H,23,27). The van der Waals surface area contributed by atoms with E-state index in [0.29, 0.717) is 11.3 Å². The molecule has 3 aromatic rings. The molecule has 1 amide bonds. The lowest BCUT2D eigenvalue weighted by atomic mass is 10.1. The quantitative estimate of drug-likeness (QED) is 0.468. The van der Waals surface area contributed by atoms with Crippen LogP contribution in [0.5, 0.6) is 0 Å². The minimum atomic E-state index is -0.478. The van der Waals surface area contributed by atoms with Crippen LogP contribution in [0.4, 0.5) is 17.1 Å². The Hall–Kier alpha value is -3.33. The van der Waals surface area contributed by atoms with Crippen molar-refractivity contribution in [3.05, 3.63) is 70.5 Å². The molecule has 8 nitrogen and oxygen atoms in total. The number of carbonyl (C=O) groups excluding carboxylic acids is 1. The van der Waals surface area contributed by atoms with Crippen LogP contribution in [0.3, 0.4) is 0 Å². The van der Waals surface area contributed by atoms with E-state index >= 15 is 0 Å². The van der Waals surface area contributed by atoms with E-state index in [9.17, 15) is 14.9 Å². The number of hydrogen-bond acceptors (Lipinski definition) is 6. The number of aryl methyl sites for hydroxylation is 1. The summed E-state index contributed by atoms with van der Waals surface area (Å²) in [6.45, 7) is 1.69. The molecule has 2 aromatic carbocycles. The van der Waals surface area contributed by atoms with E-state index in [0.717, 1.165) is 41.7 Å². The van der Waals surface area contributed by atoms with Crippen LogP contribution >= 0.6 is 11.8 Å². The van der Waals surface area contributed by atoms with E-state index in [4.69, 9.17) is 0 Å². The lowest BCUT2D eigenvalue weighted by Gasteiger charge is -2.21. The van der Waals surface area contributed by atoms with Crippen LogP contribution in [-0.4, -0.2) is 33.5 Å². The first-order chi connectivity index (χ1) is 14.5. The molecule has 0 radical (unpaired) electrons. The summed E-state index contributed by atoms with van der Waals surface area (Å²) in [5, 5.41) is 15.0. The molecule has 2 heterocycles. The Morgan fingerprint density at radius 3 is 2.53 bits per heavy atom. The van der Waals surface area contributed by atoms with Crippen molar-refractivity contribution in [3.8, 4) is 0 Å². The number of hydrogen-bond donors (Lipinski definition) is 1. The zero-order chi connectivity index (χ0) is 21.1. The van der Waals surface area contributed by atoms with Gasteiger partial charge in [-0.15, -0.1) is 0 Å². The smallest absolute Gasteiger partial charge is 0.270 e. The zero-order valence-corrected chi connectivity index (χ0v) is 17.3. The lowest BCUT2D eigenvalue weighted by molar-refractivity contribution is -0.384. The van der Waals surface area contributed by atoms with Gasteiger partial charge in [0.05, 0.1) is 16.2 Å². The highest BCUT2D eigenvalue weighted by atomic mass is 32.2. The number of anilines is 2. The first kappa shape index (κ1) is 20.0. The molecule has 1 aromatic heterocycles. The fraction of sp³-hybridized carbons (Fsp3) is 0.238. The second-order valence-electron chi connectivity index (χ2n) is 7.05. The Morgan fingerprint density at radius 2 is 1.90 bits per heavy atom. The van der Waals surface area contributed by atoms with Gasteiger partial charge in [0.1, 0.15) is 0 Å². The van der Waals surface area contributed by atoms with Gasteiger partial charge in [0.25, 0.3) is 11.6 Å². The number of nitrogens with one attached hydrogen (secondary N) is 1. The average molecular weight is 423 g/mol. The van der Waals surface area contributed by atoms with Crippen LogP contribution < -0.4 is 10.2 Å². The molecule has 4 rings (SSSR count). The molecule has 0 spiro atoms. The maximum atomic E-state index is 13.0. The molecule has 0 unspecified atom stereocenters. The minimum absolute atomic E-state index is 0.0927. The van der Waals surface area contributed by atoms with Crippen molar-refractivity contribution in [2.45, 2.75) is 22.9 Å². The number of nitrogens with zero attached hydrogens (tertiary/aromatic N) is 4. The third kappa shape index (κ3) is 4.30. The van der Waals surface area contributed by atoms with Crippen molar-refractivity contribution in [2.75, 3.05) is 23.3 Å². The molecule has 0 bridgehead atoms. The summed E-state index contributed by atoms with van der Waals surface area (Å²) in [6.07, 6.45) is 5.72. The summed E-state index contributed by atoms with van der Waals surface area (Å²) in [5.74, 6) is -0.356. The number of nitro benzene ring substituents is 1. The highest BCUT2D eigenvalue weighted by Gasteiger charge is 2.22. The number of nitro groups is 1. The third-order valence-corrected chi connectivity index (χ3v) is 6.06. The van der Waals surface area contributed by atoms with Gasteiger partial charge in [-0.2, -0.15) is 0 Å². The summed E-state index contributed by atoms with van der Waals surface area (Å²) in [6, 6.07) is 11.9. The molecule has 1 fully saturated rings. The molecule has 1 N–H and O–H groups in total. The molecule has 30 heavy (non-hydrogen) atoms. The zero-order valence-electron chi connectivity index (χ0n) is 16.4. The van der Waals surface area contributed by atoms with E-state index in [2.05, 4.69) is 15.2 Å². The largest absolute Gasteiger partial charge is 0.371 e. The van der Waals surface area contributed by atoms with E-state index < -0.39 is 4.92 Å². The Bertz CT molecular complexity index is 1070. The molecule has 0 atom stereocenters. The van der Waals surface area contributed by atoms with Crippen molar-refractivity contribution >= 4 is 34.7 Å². The van der Waals surface area contributed by atoms with Gasteiger partial charge in [0, 0.05) is 55.2 Å². The van der Waals surface area contributed by atoms with Gasteiger partial charge in [-0.3, -0.25) is 14.9 Å². The second kappa shape index (κ2) is 8.58. The molecular weight excluding hydrogens is 402 g/mol. The van der Waals surface area contributed by atoms with Gasteiger partial charge in [0.2, 0.25) is 0 Å². The molecule has 0 saturated carbocycles. The molecule has 1 aliphatic rings. The normalized spacial score (nSPS) is 13.4. The number of benzene rings is 2. The molecule has 0 aliphatic carbocycles. The number of imidazole rings is 1. The second-order valence-corrected chi connectivity index (χ2v) is 8.09. The molecular formula is C21H21N5O3S. The summed E-state index contributed by atoms with van der Waals surface area (Å²) in [5.41, 5.74) is 1.59. The first-order valence-corrected chi connectivity index (χ1v) is 10.4.